The molecule has 0 bridgehead atoms. The van der Waals surface area contributed by atoms with Gasteiger partial charge in [-0.15, -0.1) is 0 Å². The largest absolute Gasteiger partial charge is 0.458 e. The van der Waals surface area contributed by atoms with Gasteiger partial charge in [0.05, 0.1) is 0 Å². The highest BCUT2D eigenvalue weighted by Crippen LogP contribution is 2.17. The molecule has 0 amide bonds. The maximum absolute atomic E-state index is 11.0. The minimum atomic E-state index is -0.307. The van der Waals surface area contributed by atoms with Crippen molar-refractivity contribution in [3.63, 3.8) is 0 Å². The minimum absolute atomic E-state index is 0.0293. The topological polar surface area (TPSA) is 43.4 Å². The second kappa shape index (κ2) is 4.73. The van der Waals surface area contributed by atoms with Gasteiger partial charge in [-0.05, 0) is 19.4 Å². The van der Waals surface area contributed by atoms with Crippen LogP contribution in [-0.2, 0) is 9.53 Å². The van der Waals surface area contributed by atoms with Crippen molar-refractivity contribution in [2.75, 3.05) is 0 Å². The summed E-state index contributed by atoms with van der Waals surface area (Å²) in [4.78, 5) is 21.7. The number of benzene rings is 1. The number of carbonyl (C=O) groups is 2. The van der Waals surface area contributed by atoms with Crippen molar-refractivity contribution in [3.05, 3.63) is 35.4 Å². The van der Waals surface area contributed by atoms with Crippen molar-refractivity contribution in [2.24, 2.45) is 0 Å². The van der Waals surface area contributed by atoms with E-state index in [0.29, 0.717) is 5.56 Å². The van der Waals surface area contributed by atoms with E-state index in [9.17, 15) is 9.59 Å². The fourth-order valence-electron chi connectivity index (χ4n) is 1.31. The molecule has 0 saturated carbocycles. The molecule has 0 saturated heterocycles. The van der Waals surface area contributed by atoms with Crippen LogP contribution < -0.4 is 0 Å². The quantitative estimate of drug-likeness (QED) is 0.563. The fraction of sp³-hybridized carbons (Fsp3) is 0.333. The third kappa shape index (κ3) is 3.20. The first-order valence-corrected chi connectivity index (χ1v) is 4.79. The Hall–Kier alpha value is -1.64. The van der Waals surface area contributed by atoms with Gasteiger partial charge in [-0.1, -0.05) is 24.3 Å². The molecule has 0 radical (unpaired) electrons. The molecule has 1 aromatic carbocycles. The van der Waals surface area contributed by atoms with E-state index < -0.39 is 0 Å². The van der Waals surface area contributed by atoms with Gasteiger partial charge in [0.1, 0.15) is 6.10 Å². The number of ketones is 1. The molecular formula is C12H14O3. The highest BCUT2D eigenvalue weighted by Gasteiger charge is 2.08. The molecule has 3 nitrogen and oxygen atoms in total. The van der Waals surface area contributed by atoms with Crippen LogP contribution in [-0.4, -0.2) is 11.8 Å². The first-order valence-electron chi connectivity index (χ1n) is 4.79. The van der Waals surface area contributed by atoms with Crippen LogP contribution in [0.4, 0.5) is 0 Å². The predicted octanol–water partition coefficient (Wildman–Crippen LogP) is 2.51. The maximum Gasteiger partial charge on any atom is 0.303 e. The lowest BCUT2D eigenvalue weighted by Crippen LogP contribution is -2.05. The second-order valence-electron chi connectivity index (χ2n) is 3.43. The standard InChI is InChI=1S/C12H14O3/c1-8(13)11-4-6-12(7-5-11)9(2)15-10(3)14/h4-7,9H,1-3H3/t9-/m1/s1. The molecule has 1 rings (SSSR count). The Labute approximate surface area is 89.1 Å². The molecule has 3 heteroatoms. The number of Topliss-reactive ketones (excluding diaryl/α,β-unsaturated/α-hetero) is 1. The van der Waals surface area contributed by atoms with E-state index >= 15 is 0 Å². The summed E-state index contributed by atoms with van der Waals surface area (Å²) in [6.45, 7) is 4.69. The number of hydrogen-bond donors (Lipinski definition) is 0. The van der Waals surface area contributed by atoms with E-state index in [0.717, 1.165) is 5.56 Å². The number of rotatable bonds is 3. The van der Waals surface area contributed by atoms with Gasteiger partial charge in [-0.2, -0.15) is 0 Å². The molecule has 0 spiro atoms. The SMILES string of the molecule is CC(=O)O[C@H](C)c1ccc(C(C)=O)cc1. The van der Waals surface area contributed by atoms with Crippen LogP contribution in [0.25, 0.3) is 0 Å². The van der Waals surface area contributed by atoms with Gasteiger partial charge in [0.25, 0.3) is 0 Å². The summed E-state index contributed by atoms with van der Waals surface area (Å²) in [7, 11) is 0. The summed E-state index contributed by atoms with van der Waals surface area (Å²) in [5.41, 5.74) is 1.55. The average Bonchev–Trinajstić information content (AvgIpc) is 2.17. The van der Waals surface area contributed by atoms with Crippen LogP contribution in [0.3, 0.4) is 0 Å². The molecule has 0 N–H and O–H groups in total. The molecule has 0 aromatic heterocycles. The molecule has 0 unspecified atom stereocenters. The highest BCUT2D eigenvalue weighted by atomic mass is 16.5. The summed E-state index contributed by atoms with van der Waals surface area (Å²) in [5, 5.41) is 0. The van der Waals surface area contributed by atoms with Crippen molar-refractivity contribution >= 4 is 11.8 Å². The predicted molar refractivity (Wildman–Crippen MR) is 56.6 cm³/mol. The molecule has 1 aromatic rings. The van der Waals surface area contributed by atoms with Gasteiger partial charge in [0.15, 0.2) is 5.78 Å². The Bertz CT molecular complexity index is 365. The molecule has 0 aliphatic rings. The lowest BCUT2D eigenvalue weighted by molar-refractivity contribution is -0.145. The molecule has 0 aliphatic heterocycles. The molecule has 0 heterocycles. The number of hydrogen-bond acceptors (Lipinski definition) is 3. The van der Waals surface area contributed by atoms with Crippen LogP contribution in [0.1, 0.15) is 42.8 Å². The normalized spacial score (nSPS) is 11.9. The van der Waals surface area contributed by atoms with Crippen LogP contribution in [0.5, 0.6) is 0 Å². The van der Waals surface area contributed by atoms with Gasteiger partial charge < -0.3 is 4.74 Å². The van der Waals surface area contributed by atoms with Gasteiger partial charge >= 0.3 is 5.97 Å². The van der Waals surface area contributed by atoms with Crippen LogP contribution >= 0.6 is 0 Å². The van der Waals surface area contributed by atoms with Crippen molar-refractivity contribution < 1.29 is 14.3 Å². The van der Waals surface area contributed by atoms with Gasteiger partial charge in [0.2, 0.25) is 0 Å². The van der Waals surface area contributed by atoms with E-state index in [1.54, 1.807) is 31.2 Å². The van der Waals surface area contributed by atoms with E-state index in [1.165, 1.54) is 13.8 Å². The second-order valence-corrected chi connectivity index (χ2v) is 3.43. The van der Waals surface area contributed by atoms with Crippen molar-refractivity contribution in [1.82, 2.24) is 0 Å². The zero-order chi connectivity index (χ0) is 11.4. The summed E-state index contributed by atoms with van der Waals surface area (Å²) < 4.78 is 5.01. The van der Waals surface area contributed by atoms with Crippen LogP contribution in [0, 0.1) is 0 Å². The smallest absolute Gasteiger partial charge is 0.303 e. The minimum Gasteiger partial charge on any atom is -0.458 e. The zero-order valence-corrected chi connectivity index (χ0v) is 9.11. The Morgan fingerprint density at radius 1 is 1.13 bits per heavy atom. The fourth-order valence-corrected chi connectivity index (χ4v) is 1.31. The van der Waals surface area contributed by atoms with Gasteiger partial charge in [-0.25, -0.2) is 0 Å². The number of ether oxygens (including phenoxy) is 1. The molecule has 15 heavy (non-hydrogen) atoms. The third-order valence-corrected chi connectivity index (χ3v) is 2.13. The first kappa shape index (κ1) is 11.4. The Balaban J connectivity index is 2.79. The molecule has 80 valence electrons. The van der Waals surface area contributed by atoms with Crippen LogP contribution in [0.15, 0.2) is 24.3 Å². The van der Waals surface area contributed by atoms with E-state index in [2.05, 4.69) is 0 Å². The first-order chi connectivity index (χ1) is 7.00. The summed E-state index contributed by atoms with van der Waals surface area (Å²) in [6.07, 6.45) is -0.275. The lowest BCUT2D eigenvalue weighted by Gasteiger charge is -2.12. The number of esters is 1. The summed E-state index contributed by atoms with van der Waals surface area (Å²) >= 11 is 0. The molecule has 1 atom stereocenters. The maximum atomic E-state index is 11.0. The van der Waals surface area contributed by atoms with E-state index in [4.69, 9.17) is 4.74 Å². The third-order valence-electron chi connectivity index (χ3n) is 2.13. The van der Waals surface area contributed by atoms with Crippen molar-refractivity contribution in [2.45, 2.75) is 26.9 Å². The van der Waals surface area contributed by atoms with Crippen molar-refractivity contribution in [1.29, 1.82) is 0 Å². The highest BCUT2D eigenvalue weighted by molar-refractivity contribution is 5.94. The summed E-state index contributed by atoms with van der Waals surface area (Å²) in [6, 6.07) is 7.06. The van der Waals surface area contributed by atoms with Gasteiger partial charge in [-0.3, -0.25) is 9.59 Å². The zero-order valence-electron chi connectivity index (χ0n) is 9.11. The summed E-state index contributed by atoms with van der Waals surface area (Å²) in [5.74, 6) is -0.278. The number of carbonyl (C=O) groups excluding carboxylic acids is 2. The monoisotopic (exact) mass is 206 g/mol. The molecule has 0 aliphatic carbocycles. The van der Waals surface area contributed by atoms with E-state index in [1.807, 2.05) is 0 Å². The Kier molecular flexibility index (Phi) is 3.61. The van der Waals surface area contributed by atoms with Crippen LogP contribution in [0.2, 0.25) is 0 Å². The average molecular weight is 206 g/mol. The molecule has 0 fully saturated rings. The van der Waals surface area contributed by atoms with Crippen molar-refractivity contribution in [3.8, 4) is 0 Å². The molecular weight excluding hydrogens is 192 g/mol. The Morgan fingerprint density at radius 3 is 2.07 bits per heavy atom. The lowest BCUT2D eigenvalue weighted by atomic mass is 10.1. The van der Waals surface area contributed by atoms with Gasteiger partial charge in [0, 0.05) is 12.5 Å². The van der Waals surface area contributed by atoms with E-state index in [-0.39, 0.29) is 17.9 Å². The Morgan fingerprint density at radius 2 is 1.67 bits per heavy atom.